The maximum Gasteiger partial charge on any atom is 0.263 e. The SMILES string of the molecule is Cc1cccc(S(=O)(=O)Nc2ccc(S(=O)(=O)Nc3nccs3)cc2)c1. The summed E-state index contributed by atoms with van der Waals surface area (Å²) in [5.74, 6) is 0. The minimum Gasteiger partial charge on any atom is -0.280 e. The Hall–Kier alpha value is -2.43. The van der Waals surface area contributed by atoms with Crippen LogP contribution in [0.1, 0.15) is 5.56 Å². The van der Waals surface area contributed by atoms with Crippen LogP contribution in [0.25, 0.3) is 0 Å². The summed E-state index contributed by atoms with van der Waals surface area (Å²) in [6, 6.07) is 11.9. The van der Waals surface area contributed by atoms with E-state index in [0.29, 0.717) is 0 Å². The van der Waals surface area contributed by atoms with E-state index < -0.39 is 20.0 Å². The van der Waals surface area contributed by atoms with Gasteiger partial charge in [-0.15, -0.1) is 11.3 Å². The number of anilines is 2. The first-order chi connectivity index (χ1) is 12.3. The quantitative estimate of drug-likeness (QED) is 0.651. The van der Waals surface area contributed by atoms with Crippen LogP contribution in [0.15, 0.2) is 69.9 Å². The first-order valence-corrected chi connectivity index (χ1v) is 11.2. The molecule has 2 N–H and O–H groups in total. The first kappa shape index (κ1) is 18.4. The predicted molar refractivity (Wildman–Crippen MR) is 101 cm³/mol. The molecule has 1 heterocycles. The lowest BCUT2D eigenvalue weighted by atomic mass is 10.2. The van der Waals surface area contributed by atoms with E-state index in [2.05, 4.69) is 14.4 Å². The lowest BCUT2D eigenvalue weighted by Crippen LogP contribution is -2.14. The van der Waals surface area contributed by atoms with E-state index in [0.717, 1.165) is 16.9 Å². The molecule has 0 saturated carbocycles. The van der Waals surface area contributed by atoms with Crippen molar-refractivity contribution in [3.8, 4) is 0 Å². The molecule has 2 aromatic carbocycles. The topological polar surface area (TPSA) is 105 Å². The molecule has 3 aromatic rings. The summed E-state index contributed by atoms with van der Waals surface area (Å²) in [5.41, 5.74) is 1.09. The van der Waals surface area contributed by atoms with E-state index in [1.807, 2.05) is 0 Å². The van der Waals surface area contributed by atoms with Crippen LogP contribution in [0.5, 0.6) is 0 Å². The Bertz CT molecular complexity index is 1110. The van der Waals surface area contributed by atoms with Crippen molar-refractivity contribution in [2.75, 3.05) is 9.44 Å². The van der Waals surface area contributed by atoms with E-state index in [9.17, 15) is 16.8 Å². The highest BCUT2D eigenvalue weighted by Crippen LogP contribution is 2.21. The van der Waals surface area contributed by atoms with Crippen LogP contribution in [-0.2, 0) is 20.0 Å². The molecular weight excluding hydrogens is 394 g/mol. The van der Waals surface area contributed by atoms with Crippen molar-refractivity contribution in [2.45, 2.75) is 16.7 Å². The maximum absolute atomic E-state index is 12.4. The smallest absolute Gasteiger partial charge is 0.263 e. The Morgan fingerprint density at radius 2 is 1.58 bits per heavy atom. The van der Waals surface area contributed by atoms with Crippen molar-refractivity contribution >= 4 is 42.2 Å². The van der Waals surface area contributed by atoms with Gasteiger partial charge in [0.2, 0.25) is 0 Å². The molecular formula is C16H15N3O4S3. The molecule has 136 valence electrons. The molecule has 0 aliphatic heterocycles. The number of aromatic nitrogens is 1. The fourth-order valence-corrected chi connectivity index (χ4v) is 5.10. The molecule has 26 heavy (non-hydrogen) atoms. The number of rotatable bonds is 6. The number of hydrogen-bond acceptors (Lipinski definition) is 6. The Balaban J connectivity index is 1.79. The van der Waals surface area contributed by atoms with Crippen molar-refractivity contribution in [1.82, 2.24) is 4.98 Å². The van der Waals surface area contributed by atoms with Gasteiger partial charge >= 0.3 is 0 Å². The highest BCUT2D eigenvalue weighted by Gasteiger charge is 2.17. The molecule has 0 aliphatic carbocycles. The molecule has 0 unspecified atom stereocenters. The molecule has 1 aromatic heterocycles. The number of aryl methyl sites for hydroxylation is 1. The highest BCUT2D eigenvalue weighted by atomic mass is 32.2. The summed E-state index contributed by atoms with van der Waals surface area (Å²) in [6.07, 6.45) is 1.49. The fourth-order valence-electron chi connectivity index (χ4n) is 2.15. The van der Waals surface area contributed by atoms with Gasteiger partial charge in [-0.2, -0.15) is 0 Å². The van der Waals surface area contributed by atoms with Crippen LogP contribution in [0.3, 0.4) is 0 Å². The number of nitrogens with zero attached hydrogens (tertiary/aromatic N) is 1. The van der Waals surface area contributed by atoms with Gasteiger partial charge in [0, 0.05) is 17.3 Å². The van der Waals surface area contributed by atoms with Crippen molar-refractivity contribution in [3.63, 3.8) is 0 Å². The van der Waals surface area contributed by atoms with Crippen LogP contribution >= 0.6 is 11.3 Å². The standard InChI is InChI=1S/C16H15N3O4S3/c1-12-3-2-4-15(11-12)26(22,23)18-13-5-7-14(8-6-13)25(20,21)19-16-17-9-10-24-16/h2-11,18H,1H3,(H,17,19). The van der Waals surface area contributed by atoms with Crippen LogP contribution in [-0.4, -0.2) is 21.8 Å². The summed E-state index contributed by atoms with van der Waals surface area (Å²) in [7, 11) is -7.53. The van der Waals surface area contributed by atoms with Gasteiger partial charge in [0.05, 0.1) is 9.79 Å². The molecule has 0 saturated heterocycles. The lowest BCUT2D eigenvalue weighted by Gasteiger charge is -2.10. The van der Waals surface area contributed by atoms with Crippen molar-refractivity contribution in [1.29, 1.82) is 0 Å². The zero-order valence-electron chi connectivity index (χ0n) is 13.6. The zero-order chi connectivity index (χ0) is 18.8. The number of sulfonamides is 2. The van der Waals surface area contributed by atoms with Crippen molar-refractivity contribution < 1.29 is 16.8 Å². The average molecular weight is 410 g/mol. The van der Waals surface area contributed by atoms with Crippen LogP contribution < -0.4 is 9.44 Å². The van der Waals surface area contributed by atoms with Gasteiger partial charge in [-0.25, -0.2) is 21.8 Å². The fraction of sp³-hybridized carbons (Fsp3) is 0.0625. The summed E-state index contributed by atoms with van der Waals surface area (Å²) in [6.45, 7) is 1.80. The Labute approximate surface area is 155 Å². The van der Waals surface area contributed by atoms with Gasteiger partial charge < -0.3 is 0 Å². The Morgan fingerprint density at radius 1 is 0.885 bits per heavy atom. The molecule has 0 fully saturated rings. The van der Waals surface area contributed by atoms with E-state index in [4.69, 9.17) is 0 Å². The average Bonchev–Trinajstić information content (AvgIpc) is 3.07. The first-order valence-electron chi connectivity index (χ1n) is 7.38. The summed E-state index contributed by atoms with van der Waals surface area (Å²) in [4.78, 5) is 4.01. The van der Waals surface area contributed by atoms with Gasteiger partial charge in [0.25, 0.3) is 20.0 Å². The molecule has 0 radical (unpaired) electrons. The number of hydrogen-bond donors (Lipinski definition) is 2. The van der Waals surface area contributed by atoms with E-state index in [1.54, 1.807) is 30.5 Å². The van der Waals surface area contributed by atoms with Gasteiger partial charge in [-0.3, -0.25) is 9.44 Å². The third kappa shape index (κ3) is 4.21. The van der Waals surface area contributed by atoms with Gasteiger partial charge in [0.1, 0.15) is 0 Å². The predicted octanol–water partition coefficient (Wildman–Crippen LogP) is 3.05. The summed E-state index contributed by atoms with van der Waals surface area (Å²) < 4.78 is 54.1. The maximum atomic E-state index is 12.4. The van der Waals surface area contributed by atoms with Crippen LogP contribution in [0.4, 0.5) is 10.8 Å². The lowest BCUT2D eigenvalue weighted by molar-refractivity contribution is 0.600. The van der Waals surface area contributed by atoms with Gasteiger partial charge in [0.15, 0.2) is 5.13 Å². The minimum absolute atomic E-state index is 0.00574. The minimum atomic E-state index is -3.78. The second kappa shape index (κ2) is 7.06. The monoisotopic (exact) mass is 409 g/mol. The molecule has 7 nitrogen and oxygen atoms in total. The summed E-state index contributed by atoms with van der Waals surface area (Å²) >= 11 is 1.16. The third-order valence-electron chi connectivity index (χ3n) is 3.37. The molecule has 0 spiro atoms. The van der Waals surface area contributed by atoms with E-state index in [1.165, 1.54) is 36.5 Å². The normalized spacial score (nSPS) is 11.9. The molecule has 0 aliphatic rings. The van der Waals surface area contributed by atoms with Crippen LogP contribution in [0.2, 0.25) is 0 Å². The molecule has 0 amide bonds. The number of thiazole rings is 1. The van der Waals surface area contributed by atoms with Crippen LogP contribution in [0, 0.1) is 6.92 Å². The van der Waals surface area contributed by atoms with E-state index in [-0.39, 0.29) is 20.6 Å². The zero-order valence-corrected chi connectivity index (χ0v) is 16.0. The number of benzene rings is 2. The van der Waals surface area contributed by atoms with Gasteiger partial charge in [-0.05, 0) is 48.9 Å². The third-order valence-corrected chi connectivity index (χ3v) is 6.92. The Morgan fingerprint density at radius 3 is 2.19 bits per heavy atom. The van der Waals surface area contributed by atoms with Gasteiger partial charge in [-0.1, -0.05) is 12.1 Å². The molecule has 10 heteroatoms. The second-order valence-corrected chi connectivity index (χ2v) is 9.65. The summed E-state index contributed by atoms with van der Waals surface area (Å²) in [5, 5.41) is 1.91. The molecule has 0 atom stereocenters. The van der Waals surface area contributed by atoms with E-state index >= 15 is 0 Å². The second-order valence-electron chi connectivity index (χ2n) is 5.39. The van der Waals surface area contributed by atoms with Crippen molar-refractivity contribution in [3.05, 3.63) is 65.7 Å². The Kier molecular flexibility index (Phi) is 4.99. The number of nitrogens with one attached hydrogen (secondary N) is 2. The molecule has 3 rings (SSSR count). The molecule has 0 bridgehead atoms. The van der Waals surface area contributed by atoms with Crippen molar-refractivity contribution in [2.24, 2.45) is 0 Å². The largest absolute Gasteiger partial charge is 0.280 e. The highest BCUT2D eigenvalue weighted by molar-refractivity contribution is 7.93.